The molecule has 1 fully saturated rings. The topological polar surface area (TPSA) is 50.8 Å². The molecule has 1 aliphatic heterocycles. The van der Waals surface area contributed by atoms with E-state index in [1.807, 2.05) is 12.1 Å². The average molecular weight is 403 g/mol. The molecule has 28 heavy (non-hydrogen) atoms. The summed E-state index contributed by atoms with van der Waals surface area (Å²) in [5, 5.41) is 3.63. The maximum absolute atomic E-state index is 12.6. The fraction of sp³-hybridized carbons (Fsp3) is 0.409. The predicted octanol–water partition coefficient (Wildman–Crippen LogP) is 4.07. The van der Waals surface area contributed by atoms with Gasteiger partial charge in [0.25, 0.3) is 5.91 Å². The van der Waals surface area contributed by atoms with Gasteiger partial charge in [0.1, 0.15) is 11.5 Å². The van der Waals surface area contributed by atoms with Crippen molar-refractivity contribution in [1.29, 1.82) is 0 Å². The fourth-order valence-electron chi connectivity index (χ4n) is 3.48. The highest BCUT2D eigenvalue weighted by atomic mass is 35.5. The molecule has 2 atom stereocenters. The number of halogens is 1. The Morgan fingerprint density at radius 2 is 1.86 bits per heavy atom. The lowest BCUT2D eigenvalue weighted by atomic mass is 10.1. The minimum Gasteiger partial charge on any atom is -0.497 e. The van der Waals surface area contributed by atoms with Crippen molar-refractivity contribution in [3.05, 3.63) is 59.1 Å². The Labute approximate surface area is 171 Å². The smallest absolute Gasteiger partial charge is 0.260 e. The Hall–Kier alpha value is -2.24. The molecular formula is C22H27ClN2O3. The maximum atomic E-state index is 12.6. The van der Waals surface area contributed by atoms with Gasteiger partial charge in [-0.1, -0.05) is 29.8 Å². The molecule has 1 N–H and O–H groups in total. The van der Waals surface area contributed by atoms with Crippen LogP contribution in [0.2, 0.25) is 5.02 Å². The van der Waals surface area contributed by atoms with E-state index >= 15 is 0 Å². The molecule has 6 heteroatoms. The van der Waals surface area contributed by atoms with Crippen molar-refractivity contribution in [2.45, 2.75) is 31.9 Å². The Morgan fingerprint density at radius 3 is 2.50 bits per heavy atom. The Bertz CT molecular complexity index is 776. The summed E-state index contributed by atoms with van der Waals surface area (Å²) >= 11 is 5.98. The first-order valence-electron chi connectivity index (χ1n) is 9.65. The summed E-state index contributed by atoms with van der Waals surface area (Å²) in [4.78, 5) is 15.0. The molecule has 5 nitrogen and oxygen atoms in total. The first-order chi connectivity index (χ1) is 13.6. The van der Waals surface area contributed by atoms with Gasteiger partial charge in [-0.3, -0.25) is 9.69 Å². The van der Waals surface area contributed by atoms with E-state index in [4.69, 9.17) is 21.1 Å². The van der Waals surface area contributed by atoms with Gasteiger partial charge in [-0.05, 0) is 68.8 Å². The summed E-state index contributed by atoms with van der Waals surface area (Å²) in [7, 11) is 1.66. The van der Waals surface area contributed by atoms with E-state index in [2.05, 4.69) is 22.3 Å². The molecule has 2 aromatic rings. The first kappa shape index (κ1) is 20.5. The van der Waals surface area contributed by atoms with E-state index in [9.17, 15) is 4.79 Å². The molecule has 0 aliphatic carbocycles. The normalized spacial score (nSPS) is 16.4. The van der Waals surface area contributed by atoms with Crippen molar-refractivity contribution in [3.8, 4) is 11.5 Å². The minimum absolute atomic E-state index is 0.135. The van der Waals surface area contributed by atoms with E-state index in [-0.39, 0.29) is 11.9 Å². The third kappa shape index (κ3) is 5.40. The lowest BCUT2D eigenvalue weighted by Gasteiger charge is -2.29. The summed E-state index contributed by atoms with van der Waals surface area (Å²) < 4.78 is 11.0. The predicted molar refractivity (Wildman–Crippen MR) is 111 cm³/mol. The maximum Gasteiger partial charge on any atom is 0.260 e. The minimum atomic E-state index is -0.603. The van der Waals surface area contributed by atoms with Gasteiger partial charge >= 0.3 is 0 Å². The summed E-state index contributed by atoms with van der Waals surface area (Å²) in [6, 6.07) is 15.3. The molecule has 1 aliphatic rings. The quantitative estimate of drug-likeness (QED) is 0.723. The molecule has 2 aromatic carbocycles. The summed E-state index contributed by atoms with van der Waals surface area (Å²) in [5.74, 6) is 1.27. The molecule has 0 spiro atoms. The molecular weight excluding hydrogens is 376 g/mol. The van der Waals surface area contributed by atoms with Gasteiger partial charge < -0.3 is 14.8 Å². The summed E-state index contributed by atoms with van der Waals surface area (Å²) in [5.41, 5.74) is 1.17. The largest absolute Gasteiger partial charge is 0.497 e. The van der Waals surface area contributed by atoms with E-state index in [0.717, 1.165) is 18.8 Å². The van der Waals surface area contributed by atoms with Crippen LogP contribution in [0.4, 0.5) is 0 Å². The Morgan fingerprint density at radius 1 is 1.14 bits per heavy atom. The zero-order chi connectivity index (χ0) is 19.9. The monoisotopic (exact) mass is 402 g/mol. The number of methoxy groups -OCH3 is 1. The van der Waals surface area contributed by atoms with Gasteiger partial charge in [0.15, 0.2) is 6.10 Å². The molecule has 1 amide bonds. The van der Waals surface area contributed by atoms with Crippen LogP contribution in [0.25, 0.3) is 0 Å². The standard InChI is InChI=1S/C22H27ClN2O3/c1-16(28-20-7-5-6-18(23)14-20)22(26)24-15-21(25-12-3-4-13-25)17-8-10-19(27-2)11-9-17/h5-11,14,16,21H,3-4,12-13,15H2,1-2H3,(H,24,26). The summed E-state index contributed by atoms with van der Waals surface area (Å²) in [6.45, 7) is 4.37. The highest BCUT2D eigenvalue weighted by Gasteiger charge is 2.25. The van der Waals surface area contributed by atoms with Crippen molar-refractivity contribution in [3.63, 3.8) is 0 Å². The molecule has 0 saturated carbocycles. The summed E-state index contributed by atoms with van der Waals surface area (Å²) in [6.07, 6.45) is 1.78. The third-order valence-corrected chi connectivity index (χ3v) is 5.26. The van der Waals surface area contributed by atoms with Crippen LogP contribution < -0.4 is 14.8 Å². The molecule has 1 heterocycles. The lowest BCUT2D eigenvalue weighted by Crippen LogP contribution is -2.42. The van der Waals surface area contributed by atoms with Crippen molar-refractivity contribution < 1.29 is 14.3 Å². The molecule has 150 valence electrons. The number of carbonyl (C=O) groups excluding carboxylic acids is 1. The number of nitrogens with one attached hydrogen (secondary N) is 1. The number of carbonyl (C=O) groups is 1. The van der Waals surface area contributed by atoms with E-state index in [1.165, 1.54) is 18.4 Å². The Balaban J connectivity index is 1.62. The Kier molecular flexibility index (Phi) is 7.18. The van der Waals surface area contributed by atoms with Crippen LogP contribution in [0, 0.1) is 0 Å². The van der Waals surface area contributed by atoms with Gasteiger partial charge in [0, 0.05) is 11.6 Å². The number of hydrogen-bond acceptors (Lipinski definition) is 4. The van der Waals surface area contributed by atoms with Crippen LogP contribution in [-0.4, -0.2) is 43.7 Å². The SMILES string of the molecule is COc1ccc(C(CNC(=O)C(C)Oc2cccc(Cl)c2)N2CCCC2)cc1. The van der Waals surface area contributed by atoms with E-state index in [1.54, 1.807) is 38.3 Å². The van der Waals surface area contributed by atoms with Crippen LogP contribution in [0.1, 0.15) is 31.4 Å². The lowest BCUT2D eigenvalue weighted by molar-refractivity contribution is -0.127. The highest BCUT2D eigenvalue weighted by molar-refractivity contribution is 6.30. The van der Waals surface area contributed by atoms with Gasteiger partial charge in [-0.25, -0.2) is 0 Å². The zero-order valence-electron chi connectivity index (χ0n) is 16.4. The number of nitrogens with zero attached hydrogens (tertiary/aromatic N) is 1. The number of ether oxygens (including phenoxy) is 2. The molecule has 0 aromatic heterocycles. The van der Waals surface area contributed by atoms with Gasteiger partial charge in [0.05, 0.1) is 13.2 Å². The van der Waals surface area contributed by atoms with Crippen LogP contribution in [-0.2, 0) is 4.79 Å². The van der Waals surface area contributed by atoms with Crippen LogP contribution in [0.5, 0.6) is 11.5 Å². The van der Waals surface area contributed by atoms with Crippen LogP contribution in [0.15, 0.2) is 48.5 Å². The first-order valence-corrected chi connectivity index (χ1v) is 10.0. The van der Waals surface area contributed by atoms with Crippen molar-refractivity contribution in [2.75, 3.05) is 26.7 Å². The van der Waals surface area contributed by atoms with Crippen LogP contribution >= 0.6 is 11.6 Å². The molecule has 2 unspecified atom stereocenters. The van der Waals surface area contributed by atoms with Crippen molar-refractivity contribution in [2.24, 2.45) is 0 Å². The third-order valence-electron chi connectivity index (χ3n) is 5.03. The molecule has 0 radical (unpaired) electrons. The molecule has 3 rings (SSSR count). The van der Waals surface area contributed by atoms with E-state index in [0.29, 0.717) is 17.3 Å². The number of likely N-dealkylation sites (tertiary alicyclic amines) is 1. The number of amides is 1. The van der Waals surface area contributed by atoms with E-state index < -0.39 is 6.10 Å². The van der Waals surface area contributed by atoms with Gasteiger partial charge in [0.2, 0.25) is 0 Å². The zero-order valence-corrected chi connectivity index (χ0v) is 17.1. The van der Waals surface area contributed by atoms with Crippen molar-refractivity contribution in [1.82, 2.24) is 10.2 Å². The van der Waals surface area contributed by atoms with Gasteiger partial charge in [-0.15, -0.1) is 0 Å². The van der Waals surface area contributed by atoms with Crippen molar-refractivity contribution >= 4 is 17.5 Å². The molecule has 0 bridgehead atoms. The molecule has 1 saturated heterocycles. The number of hydrogen-bond donors (Lipinski definition) is 1. The average Bonchev–Trinajstić information content (AvgIpc) is 3.23. The second-order valence-corrected chi connectivity index (χ2v) is 7.43. The fourth-order valence-corrected chi connectivity index (χ4v) is 3.66. The van der Waals surface area contributed by atoms with Crippen LogP contribution in [0.3, 0.4) is 0 Å². The number of benzene rings is 2. The highest BCUT2D eigenvalue weighted by Crippen LogP contribution is 2.26. The second-order valence-electron chi connectivity index (χ2n) is 6.99. The second kappa shape index (κ2) is 9.80. The number of rotatable bonds is 8. The van der Waals surface area contributed by atoms with Gasteiger partial charge in [-0.2, -0.15) is 0 Å².